The first-order valence-electron chi connectivity index (χ1n) is 6.08. The van der Waals surface area contributed by atoms with Crippen LogP contribution < -0.4 is 5.73 Å². The molecule has 1 atom stereocenters. The minimum absolute atomic E-state index is 0.231. The normalized spacial score (nSPS) is 21.7. The Morgan fingerprint density at radius 3 is 3.00 bits per heavy atom. The van der Waals surface area contributed by atoms with E-state index in [1.807, 2.05) is 0 Å². The molecule has 2 nitrogen and oxygen atoms in total. The molecule has 2 N–H and O–H groups in total. The van der Waals surface area contributed by atoms with E-state index in [4.69, 9.17) is 17.3 Å². The standard InChI is InChI=1S/C13H18ClFN2/c14-13-5-4-11(15)7-10(13)9-17-6-2-1-3-12(17)8-16/h4-5,7,12H,1-3,6,8-9,16H2. The van der Waals surface area contributed by atoms with Crippen LogP contribution in [-0.2, 0) is 6.54 Å². The Labute approximate surface area is 107 Å². The molecule has 0 radical (unpaired) electrons. The third-order valence-electron chi connectivity index (χ3n) is 3.40. The smallest absolute Gasteiger partial charge is 0.123 e. The molecule has 0 aliphatic carbocycles. The van der Waals surface area contributed by atoms with Gasteiger partial charge in [-0.1, -0.05) is 18.0 Å². The van der Waals surface area contributed by atoms with Crippen molar-refractivity contribution in [2.75, 3.05) is 13.1 Å². The molecule has 1 heterocycles. The van der Waals surface area contributed by atoms with E-state index in [1.54, 1.807) is 6.07 Å². The first kappa shape index (κ1) is 12.8. The van der Waals surface area contributed by atoms with Crippen molar-refractivity contribution in [1.82, 2.24) is 4.90 Å². The largest absolute Gasteiger partial charge is 0.329 e. The number of hydrogen-bond acceptors (Lipinski definition) is 2. The highest BCUT2D eigenvalue weighted by molar-refractivity contribution is 6.31. The Morgan fingerprint density at radius 2 is 2.24 bits per heavy atom. The number of benzene rings is 1. The molecule has 1 fully saturated rings. The lowest BCUT2D eigenvalue weighted by Gasteiger charge is -2.35. The molecule has 1 aromatic carbocycles. The Kier molecular flexibility index (Phi) is 4.37. The Hall–Kier alpha value is -0.640. The zero-order valence-corrected chi connectivity index (χ0v) is 10.6. The van der Waals surface area contributed by atoms with Gasteiger partial charge in [0.1, 0.15) is 5.82 Å². The summed E-state index contributed by atoms with van der Waals surface area (Å²) in [5.41, 5.74) is 6.62. The van der Waals surface area contributed by atoms with E-state index in [-0.39, 0.29) is 5.82 Å². The maximum absolute atomic E-state index is 13.2. The van der Waals surface area contributed by atoms with E-state index < -0.39 is 0 Å². The molecular weight excluding hydrogens is 239 g/mol. The molecule has 4 heteroatoms. The summed E-state index contributed by atoms with van der Waals surface area (Å²) in [5, 5.41) is 0.632. The number of likely N-dealkylation sites (tertiary alicyclic amines) is 1. The maximum Gasteiger partial charge on any atom is 0.123 e. The van der Waals surface area contributed by atoms with Crippen molar-refractivity contribution in [3.8, 4) is 0 Å². The molecule has 0 spiro atoms. The third-order valence-corrected chi connectivity index (χ3v) is 3.77. The SMILES string of the molecule is NCC1CCCCN1Cc1cc(F)ccc1Cl. The van der Waals surface area contributed by atoms with Gasteiger partial charge in [0.15, 0.2) is 0 Å². The Bertz CT molecular complexity index is 384. The second kappa shape index (κ2) is 5.80. The van der Waals surface area contributed by atoms with Gasteiger partial charge in [0.25, 0.3) is 0 Å². The first-order chi connectivity index (χ1) is 8.20. The van der Waals surface area contributed by atoms with E-state index in [2.05, 4.69) is 4.90 Å². The molecular formula is C13H18ClFN2. The zero-order chi connectivity index (χ0) is 12.3. The van der Waals surface area contributed by atoms with E-state index in [0.717, 1.165) is 18.5 Å². The van der Waals surface area contributed by atoms with Gasteiger partial charge in [-0.25, -0.2) is 4.39 Å². The molecule has 2 rings (SSSR count). The van der Waals surface area contributed by atoms with E-state index in [9.17, 15) is 4.39 Å². The lowest BCUT2D eigenvalue weighted by atomic mass is 10.0. The summed E-state index contributed by atoms with van der Waals surface area (Å²) in [5.74, 6) is -0.231. The van der Waals surface area contributed by atoms with E-state index in [0.29, 0.717) is 24.2 Å². The van der Waals surface area contributed by atoms with Crippen molar-refractivity contribution in [3.05, 3.63) is 34.6 Å². The minimum atomic E-state index is -0.231. The summed E-state index contributed by atoms with van der Waals surface area (Å²) in [6.07, 6.45) is 3.54. The van der Waals surface area contributed by atoms with Crippen molar-refractivity contribution in [3.63, 3.8) is 0 Å². The number of hydrogen-bond donors (Lipinski definition) is 1. The van der Waals surface area contributed by atoms with Gasteiger partial charge >= 0.3 is 0 Å². The van der Waals surface area contributed by atoms with Crippen LogP contribution in [0.15, 0.2) is 18.2 Å². The molecule has 1 aliphatic heterocycles. The number of nitrogens with two attached hydrogens (primary N) is 1. The monoisotopic (exact) mass is 256 g/mol. The predicted octanol–water partition coefficient (Wildman–Crippen LogP) is 2.79. The molecule has 17 heavy (non-hydrogen) atoms. The van der Waals surface area contributed by atoms with Crippen molar-refractivity contribution >= 4 is 11.6 Å². The van der Waals surface area contributed by atoms with E-state index in [1.165, 1.54) is 25.0 Å². The van der Waals surface area contributed by atoms with Crippen molar-refractivity contribution in [2.24, 2.45) is 5.73 Å². The highest BCUT2D eigenvalue weighted by Gasteiger charge is 2.21. The maximum atomic E-state index is 13.2. The fourth-order valence-electron chi connectivity index (χ4n) is 2.42. The highest BCUT2D eigenvalue weighted by Crippen LogP contribution is 2.23. The van der Waals surface area contributed by atoms with Crippen molar-refractivity contribution in [1.29, 1.82) is 0 Å². The van der Waals surface area contributed by atoms with Gasteiger partial charge in [-0.05, 0) is 43.1 Å². The average Bonchev–Trinajstić information content (AvgIpc) is 2.34. The van der Waals surface area contributed by atoms with Gasteiger partial charge in [0.2, 0.25) is 0 Å². The summed E-state index contributed by atoms with van der Waals surface area (Å²) in [7, 11) is 0. The highest BCUT2D eigenvalue weighted by atomic mass is 35.5. The summed E-state index contributed by atoms with van der Waals surface area (Å²) in [6.45, 7) is 2.38. The molecule has 1 aliphatic rings. The van der Waals surface area contributed by atoms with Crippen LogP contribution in [0.5, 0.6) is 0 Å². The van der Waals surface area contributed by atoms with Crippen LogP contribution in [0.3, 0.4) is 0 Å². The molecule has 1 aromatic rings. The molecule has 1 saturated heterocycles. The Balaban J connectivity index is 2.10. The van der Waals surface area contributed by atoms with Crippen LogP contribution >= 0.6 is 11.6 Å². The van der Waals surface area contributed by atoms with Crippen molar-refractivity contribution < 1.29 is 4.39 Å². The van der Waals surface area contributed by atoms with Crippen LogP contribution in [0.25, 0.3) is 0 Å². The summed E-state index contributed by atoms with van der Waals surface area (Å²) in [6, 6.07) is 4.93. The summed E-state index contributed by atoms with van der Waals surface area (Å²) >= 11 is 6.08. The number of nitrogens with zero attached hydrogens (tertiary/aromatic N) is 1. The lowest BCUT2D eigenvalue weighted by molar-refractivity contribution is 0.145. The lowest BCUT2D eigenvalue weighted by Crippen LogP contribution is -2.43. The fraction of sp³-hybridized carbons (Fsp3) is 0.538. The zero-order valence-electron chi connectivity index (χ0n) is 9.83. The average molecular weight is 257 g/mol. The van der Waals surface area contributed by atoms with Crippen LogP contribution in [0.4, 0.5) is 4.39 Å². The van der Waals surface area contributed by atoms with Gasteiger partial charge in [-0.15, -0.1) is 0 Å². The van der Waals surface area contributed by atoms with Crippen LogP contribution in [0.1, 0.15) is 24.8 Å². The van der Waals surface area contributed by atoms with Gasteiger partial charge in [-0.3, -0.25) is 4.90 Å². The van der Waals surface area contributed by atoms with Gasteiger partial charge < -0.3 is 5.73 Å². The number of piperidine rings is 1. The van der Waals surface area contributed by atoms with Crippen LogP contribution in [-0.4, -0.2) is 24.0 Å². The predicted molar refractivity (Wildman–Crippen MR) is 68.5 cm³/mol. The Morgan fingerprint density at radius 1 is 1.41 bits per heavy atom. The quantitative estimate of drug-likeness (QED) is 0.901. The molecule has 1 unspecified atom stereocenters. The second-order valence-corrected chi connectivity index (χ2v) is 5.00. The molecule has 0 aromatic heterocycles. The van der Waals surface area contributed by atoms with Crippen LogP contribution in [0.2, 0.25) is 5.02 Å². The number of halogens is 2. The van der Waals surface area contributed by atoms with Gasteiger partial charge in [0.05, 0.1) is 0 Å². The summed E-state index contributed by atoms with van der Waals surface area (Å²) in [4.78, 5) is 2.31. The van der Waals surface area contributed by atoms with E-state index >= 15 is 0 Å². The first-order valence-corrected chi connectivity index (χ1v) is 6.46. The fourth-order valence-corrected chi connectivity index (χ4v) is 2.60. The second-order valence-electron chi connectivity index (χ2n) is 4.59. The molecule has 0 bridgehead atoms. The topological polar surface area (TPSA) is 29.3 Å². The van der Waals surface area contributed by atoms with Gasteiger partial charge in [-0.2, -0.15) is 0 Å². The van der Waals surface area contributed by atoms with Crippen LogP contribution in [0, 0.1) is 5.82 Å². The molecule has 0 saturated carbocycles. The molecule has 94 valence electrons. The number of rotatable bonds is 3. The molecule has 0 amide bonds. The minimum Gasteiger partial charge on any atom is -0.329 e. The summed E-state index contributed by atoms with van der Waals surface area (Å²) < 4.78 is 13.2. The van der Waals surface area contributed by atoms with Crippen molar-refractivity contribution in [2.45, 2.75) is 31.8 Å². The van der Waals surface area contributed by atoms with Gasteiger partial charge in [0, 0.05) is 24.2 Å². The third kappa shape index (κ3) is 3.18.